The molecule has 2 aliphatic heterocycles. The number of para-hydroxylation sites is 1. The van der Waals surface area contributed by atoms with Crippen molar-refractivity contribution in [1.82, 2.24) is 4.90 Å². The first-order valence-corrected chi connectivity index (χ1v) is 8.25. The number of anilines is 1. The van der Waals surface area contributed by atoms with Gasteiger partial charge in [-0.3, -0.25) is 0 Å². The number of carbonyl (C=O) groups excluding carboxylic acids is 1. The lowest BCUT2D eigenvalue weighted by atomic mass is 9.83. The van der Waals surface area contributed by atoms with Crippen LogP contribution in [0.25, 0.3) is 0 Å². The number of nitrogens with zero attached hydrogens (tertiary/aromatic N) is 1. The lowest BCUT2D eigenvalue weighted by Gasteiger charge is -2.39. The normalized spacial score (nSPS) is 26.3. The summed E-state index contributed by atoms with van der Waals surface area (Å²) in [6, 6.07) is 8.49. The molecule has 2 heterocycles. The van der Waals surface area contributed by atoms with E-state index >= 15 is 0 Å². The Labute approximate surface area is 137 Å². The van der Waals surface area contributed by atoms with Crippen molar-refractivity contribution in [3.05, 3.63) is 29.8 Å². The van der Waals surface area contributed by atoms with Gasteiger partial charge in [-0.05, 0) is 38.8 Å². The molecule has 23 heavy (non-hydrogen) atoms. The number of methoxy groups -OCH3 is 1. The first kappa shape index (κ1) is 16.1. The van der Waals surface area contributed by atoms with Gasteiger partial charge in [0.1, 0.15) is 5.60 Å². The maximum absolute atomic E-state index is 12.6. The van der Waals surface area contributed by atoms with E-state index in [-0.39, 0.29) is 18.2 Å². The fourth-order valence-electron chi connectivity index (χ4n) is 3.70. The number of nitrogens with one attached hydrogen (secondary N) is 1. The average Bonchev–Trinajstić information content (AvgIpc) is 2.91. The molecule has 126 valence electrons. The molecule has 0 aromatic heterocycles. The highest BCUT2D eigenvalue weighted by molar-refractivity contribution is 5.71. The number of hydrogen-bond donors (Lipinski definition) is 1. The summed E-state index contributed by atoms with van der Waals surface area (Å²) in [7, 11) is 1.72. The minimum Gasteiger partial charge on any atom is -0.444 e. The predicted molar refractivity (Wildman–Crippen MR) is 89.5 cm³/mol. The Morgan fingerprint density at radius 2 is 2.09 bits per heavy atom. The first-order valence-electron chi connectivity index (χ1n) is 8.25. The third kappa shape index (κ3) is 3.15. The van der Waals surface area contributed by atoms with Crippen LogP contribution in [0.15, 0.2) is 24.3 Å². The summed E-state index contributed by atoms with van der Waals surface area (Å²) in [6.45, 7) is 7.08. The molecule has 0 bridgehead atoms. The van der Waals surface area contributed by atoms with Crippen LogP contribution in [-0.4, -0.2) is 42.9 Å². The minimum atomic E-state index is -0.479. The number of hydrogen-bond acceptors (Lipinski definition) is 4. The van der Waals surface area contributed by atoms with Gasteiger partial charge in [0.2, 0.25) is 0 Å². The Hall–Kier alpha value is -1.75. The SMILES string of the molecule is COCC1Nc2ccccc2C2C1CCN2C(=O)OC(C)(C)C. The van der Waals surface area contributed by atoms with Crippen LogP contribution < -0.4 is 5.32 Å². The molecule has 1 amide bonds. The molecule has 2 aliphatic rings. The fraction of sp³-hybridized carbons (Fsp3) is 0.611. The summed E-state index contributed by atoms with van der Waals surface area (Å²) in [6.07, 6.45) is 0.733. The van der Waals surface area contributed by atoms with Crippen LogP contribution in [0.5, 0.6) is 0 Å². The quantitative estimate of drug-likeness (QED) is 0.908. The van der Waals surface area contributed by atoms with Gasteiger partial charge in [-0.1, -0.05) is 18.2 Å². The van der Waals surface area contributed by atoms with E-state index in [4.69, 9.17) is 9.47 Å². The second-order valence-electron chi connectivity index (χ2n) is 7.36. The van der Waals surface area contributed by atoms with Crippen LogP contribution in [0.2, 0.25) is 0 Å². The molecule has 3 unspecified atom stereocenters. The lowest BCUT2D eigenvalue weighted by molar-refractivity contribution is 0.0189. The first-order chi connectivity index (χ1) is 10.9. The molecule has 0 saturated carbocycles. The second kappa shape index (κ2) is 6.04. The van der Waals surface area contributed by atoms with Crippen molar-refractivity contribution >= 4 is 11.8 Å². The van der Waals surface area contributed by atoms with Crippen LogP contribution in [0, 0.1) is 5.92 Å². The molecule has 1 aromatic rings. The van der Waals surface area contributed by atoms with E-state index < -0.39 is 5.60 Å². The highest BCUT2D eigenvalue weighted by Gasteiger charge is 2.46. The van der Waals surface area contributed by atoms with Gasteiger partial charge in [-0.15, -0.1) is 0 Å². The zero-order chi connectivity index (χ0) is 16.6. The minimum absolute atomic E-state index is 0.0578. The van der Waals surface area contributed by atoms with E-state index in [1.54, 1.807) is 7.11 Å². The number of benzene rings is 1. The smallest absolute Gasteiger partial charge is 0.410 e. The average molecular weight is 318 g/mol. The largest absolute Gasteiger partial charge is 0.444 e. The third-order valence-corrected chi connectivity index (χ3v) is 4.56. The van der Waals surface area contributed by atoms with Gasteiger partial charge in [-0.2, -0.15) is 0 Å². The number of fused-ring (bicyclic) bond motifs is 3. The lowest BCUT2D eigenvalue weighted by Crippen LogP contribution is -2.44. The van der Waals surface area contributed by atoms with Crippen molar-refractivity contribution in [2.75, 3.05) is 25.6 Å². The van der Waals surface area contributed by atoms with Gasteiger partial charge in [-0.25, -0.2) is 4.79 Å². The van der Waals surface area contributed by atoms with Gasteiger partial charge in [0.15, 0.2) is 0 Å². The topological polar surface area (TPSA) is 50.8 Å². The molecule has 3 atom stereocenters. The fourth-order valence-corrected chi connectivity index (χ4v) is 3.70. The van der Waals surface area contributed by atoms with E-state index in [2.05, 4.69) is 17.4 Å². The third-order valence-electron chi connectivity index (χ3n) is 4.56. The van der Waals surface area contributed by atoms with Crippen molar-refractivity contribution in [1.29, 1.82) is 0 Å². The number of carbonyl (C=O) groups is 1. The van der Waals surface area contributed by atoms with Crippen LogP contribution in [-0.2, 0) is 9.47 Å². The Balaban J connectivity index is 1.91. The monoisotopic (exact) mass is 318 g/mol. The van der Waals surface area contributed by atoms with Crippen molar-refractivity contribution in [2.45, 2.75) is 44.9 Å². The molecule has 0 aliphatic carbocycles. The Morgan fingerprint density at radius 3 is 2.78 bits per heavy atom. The summed E-state index contributed by atoms with van der Waals surface area (Å²) in [4.78, 5) is 14.5. The molecule has 1 aromatic carbocycles. The zero-order valence-electron chi connectivity index (χ0n) is 14.3. The van der Waals surface area contributed by atoms with Crippen molar-refractivity contribution < 1.29 is 14.3 Å². The van der Waals surface area contributed by atoms with Crippen molar-refractivity contribution in [3.8, 4) is 0 Å². The maximum atomic E-state index is 12.6. The number of likely N-dealkylation sites (tertiary alicyclic amines) is 1. The summed E-state index contributed by atoms with van der Waals surface area (Å²) in [5, 5.41) is 3.57. The Kier molecular flexibility index (Phi) is 4.23. The van der Waals surface area contributed by atoms with Gasteiger partial charge >= 0.3 is 6.09 Å². The summed E-state index contributed by atoms with van der Waals surface area (Å²) >= 11 is 0. The Bertz CT molecular complexity index is 582. The molecule has 1 saturated heterocycles. The van der Waals surface area contributed by atoms with E-state index in [9.17, 15) is 4.79 Å². The van der Waals surface area contributed by atoms with E-state index in [0.717, 1.165) is 18.7 Å². The summed E-state index contributed by atoms with van der Waals surface area (Å²) in [5.74, 6) is 0.345. The second-order valence-corrected chi connectivity index (χ2v) is 7.36. The standard InChI is InChI=1S/C18H26N2O3/c1-18(2,3)23-17(21)20-10-9-13-15(11-22-4)19-14-8-6-5-7-12(14)16(13)20/h5-8,13,15-16,19H,9-11H2,1-4H3. The highest BCUT2D eigenvalue weighted by atomic mass is 16.6. The molecule has 0 radical (unpaired) electrons. The molecule has 5 heteroatoms. The maximum Gasteiger partial charge on any atom is 0.410 e. The number of amides is 1. The van der Waals surface area contributed by atoms with Crippen LogP contribution in [0.3, 0.4) is 0 Å². The van der Waals surface area contributed by atoms with Crippen molar-refractivity contribution in [2.24, 2.45) is 5.92 Å². The van der Waals surface area contributed by atoms with E-state index in [0.29, 0.717) is 12.5 Å². The molecule has 1 N–H and O–H groups in total. The summed E-state index contributed by atoms with van der Waals surface area (Å²) in [5.41, 5.74) is 1.78. The Morgan fingerprint density at radius 1 is 1.35 bits per heavy atom. The van der Waals surface area contributed by atoms with Gasteiger partial charge in [0.05, 0.1) is 18.7 Å². The molecular formula is C18H26N2O3. The number of ether oxygens (including phenoxy) is 2. The molecule has 0 spiro atoms. The zero-order valence-corrected chi connectivity index (χ0v) is 14.3. The van der Waals surface area contributed by atoms with Crippen LogP contribution >= 0.6 is 0 Å². The molecular weight excluding hydrogens is 292 g/mol. The highest BCUT2D eigenvalue weighted by Crippen LogP contribution is 2.46. The molecule has 5 nitrogen and oxygen atoms in total. The number of rotatable bonds is 2. The molecule has 3 rings (SSSR count). The van der Waals surface area contributed by atoms with Crippen LogP contribution in [0.1, 0.15) is 38.8 Å². The van der Waals surface area contributed by atoms with Crippen molar-refractivity contribution in [3.63, 3.8) is 0 Å². The van der Waals surface area contributed by atoms with Gasteiger partial charge < -0.3 is 19.7 Å². The predicted octanol–water partition coefficient (Wildman–Crippen LogP) is 3.43. The van der Waals surface area contributed by atoms with E-state index in [1.165, 1.54) is 5.56 Å². The van der Waals surface area contributed by atoms with E-state index in [1.807, 2.05) is 37.8 Å². The van der Waals surface area contributed by atoms with Gasteiger partial charge in [0, 0.05) is 25.3 Å². The summed E-state index contributed by atoms with van der Waals surface area (Å²) < 4.78 is 11.0. The molecule has 1 fully saturated rings. The van der Waals surface area contributed by atoms with Gasteiger partial charge in [0.25, 0.3) is 0 Å². The van der Waals surface area contributed by atoms with Crippen LogP contribution in [0.4, 0.5) is 10.5 Å².